The molecule has 0 atom stereocenters. The lowest BCUT2D eigenvalue weighted by Gasteiger charge is -2.29. The summed E-state index contributed by atoms with van der Waals surface area (Å²) in [5.74, 6) is 0. The summed E-state index contributed by atoms with van der Waals surface area (Å²) in [5.41, 5.74) is 4.65. The smallest absolute Gasteiger partial charge is 0.300 e. The average Bonchev–Trinajstić information content (AvgIpc) is 2.82. The van der Waals surface area contributed by atoms with E-state index >= 15 is 0 Å². The molecule has 0 radical (unpaired) electrons. The van der Waals surface area contributed by atoms with Crippen molar-refractivity contribution < 1.29 is 4.53 Å². The third-order valence-corrected chi connectivity index (χ3v) is 8.88. The topological polar surface area (TPSA) is 34.5 Å². The molecule has 0 aliphatic heterocycles. The molecular formula is C27H26N2OSi. The van der Waals surface area contributed by atoms with Crippen LogP contribution in [0, 0.1) is 0 Å². The molecule has 4 aromatic rings. The molecule has 3 aromatic carbocycles. The summed E-state index contributed by atoms with van der Waals surface area (Å²) in [5, 5.41) is 4.48. The number of oxime groups is 1. The van der Waals surface area contributed by atoms with Crippen molar-refractivity contribution in [3.8, 4) is 0 Å². The fraction of sp³-hybridized carbons (Fsp3) is 0.111. The minimum Gasteiger partial charge on any atom is -0.454 e. The Kier molecular flexibility index (Phi) is 7.03. The lowest BCUT2D eigenvalue weighted by atomic mass is 10.2. The number of benzene rings is 3. The van der Waals surface area contributed by atoms with Gasteiger partial charge < -0.3 is 4.53 Å². The minimum atomic E-state index is -2.40. The van der Waals surface area contributed by atoms with Gasteiger partial charge in [0.2, 0.25) is 0 Å². The van der Waals surface area contributed by atoms with E-state index in [4.69, 9.17) is 4.53 Å². The van der Waals surface area contributed by atoms with Gasteiger partial charge in [0, 0.05) is 24.3 Å². The molecule has 3 nitrogen and oxygen atoms in total. The monoisotopic (exact) mass is 422 g/mol. The summed E-state index contributed by atoms with van der Waals surface area (Å²) < 4.78 is 6.51. The van der Waals surface area contributed by atoms with Gasteiger partial charge in [0.1, 0.15) is 0 Å². The van der Waals surface area contributed by atoms with Gasteiger partial charge in [0.25, 0.3) is 8.32 Å². The Hall–Kier alpha value is -3.50. The molecule has 4 heteroatoms. The molecule has 4 rings (SSSR count). The third-order valence-electron chi connectivity index (χ3n) is 5.23. The first-order chi connectivity index (χ1) is 15.3. The van der Waals surface area contributed by atoms with Crippen LogP contribution in [0.5, 0.6) is 0 Å². The van der Waals surface area contributed by atoms with E-state index in [9.17, 15) is 0 Å². The van der Waals surface area contributed by atoms with Gasteiger partial charge >= 0.3 is 0 Å². The lowest BCUT2D eigenvalue weighted by Crippen LogP contribution is -2.46. The normalized spacial score (nSPS) is 11.5. The fourth-order valence-corrected chi connectivity index (χ4v) is 7.62. The molecule has 154 valence electrons. The Morgan fingerprint density at radius 1 is 0.613 bits per heavy atom. The molecule has 0 fully saturated rings. The van der Waals surface area contributed by atoms with Crippen molar-refractivity contribution in [2.45, 2.75) is 18.1 Å². The summed E-state index contributed by atoms with van der Waals surface area (Å²) in [6.07, 6.45) is 3.49. The number of hydrogen-bond acceptors (Lipinski definition) is 3. The van der Waals surface area contributed by atoms with E-state index in [-0.39, 0.29) is 0 Å². The first-order valence-electron chi connectivity index (χ1n) is 10.6. The summed E-state index contributed by atoms with van der Waals surface area (Å²) in [7, 11) is -2.40. The molecule has 1 aromatic heterocycles. The van der Waals surface area contributed by atoms with Gasteiger partial charge in [-0.2, -0.15) is 0 Å². The highest BCUT2D eigenvalue weighted by Crippen LogP contribution is 2.24. The lowest BCUT2D eigenvalue weighted by molar-refractivity contribution is 0.319. The summed E-state index contributed by atoms with van der Waals surface area (Å²) in [6.45, 7) is 0. The van der Waals surface area contributed by atoms with Gasteiger partial charge in [-0.25, -0.2) is 0 Å². The van der Waals surface area contributed by atoms with Gasteiger partial charge in [-0.3, -0.25) is 4.98 Å². The number of nitrogens with zero attached hydrogens (tertiary/aromatic N) is 2. The van der Waals surface area contributed by atoms with Crippen molar-refractivity contribution in [3.63, 3.8) is 0 Å². The van der Waals surface area contributed by atoms with E-state index in [0.29, 0.717) is 0 Å². The van der Waals surface area contributed by atoms with Crippen LogP contribution >= 0.6 is 0 Å². The first kappa shape index (κ1) is 20.8. The van der Waals surface area contributed by atoms with Gasteiger partial charge in [-0.15, -0.1) is 5.16 Å². The Bertz CT molecular complexity index is 970. The second-order valence-electron chi connectivity index (χ2n) is 7.75. The minimum absolute atomic E-state index is 0.796. The van der Waals surface area contributed by atoms with Crippen LogP contribution in [0.4, 0.5) is 0 Å². The number of pyridine rings is 1. The Labute approximate surface area is 185 Å². The Balaban J connectivity index is 1.69. The molecule has 0 saturated carbocycles. The van der Waals surface area contributed by atoms with Crippen molar-refractivity contribution >= 4 is 14.5 Å². The summed E-state index contributed by atoms with van der Waals surface area (Å²) in [6, 6.07) is 40.3. The van der Waals surface area contributed by atoms with Crippen LogP contribution in [0.2, 0.25) is 0 Å². The standard InChI is InChI=1S/C27H26N2OSi/c1-4-12-24(13-5-1)21-31(22-25-14-6-2-7-15-25,23-26-16-8-3-9-17-26)30-29-20-27-18-10-11-19-28-27/h1-20H,21-23H2/b29-20+. The van der Waals surface area contributed by atoms with E-state index < -0.39 is 8.32 Å². The fourth-order valence-electron chi connectivity index (χ4n) is 3.83. The van der Waals surface area contributed by atoms with Crippen LogP contribution < -0.4 is 0 Å². The van der Waals surface area contributed by atoms with Gasteiger partial charge in [0.15, 0.2) is 0 Å². The molecule has 0 bridgehead atoms. The molecule has 31 heavy (non-hydrogen) atoms. The van der Waals surface area contributed by atoms with Crippen LogP contribution in [0.3, 0.4) is 0 Å². The molecule has 0 aliphatic carbocycles. The highest BCUT2D eigenvalue weighted by molar-refractivity contribution is 6.72. The van der Waals surface area contributed by atoms with Crippen LogP contribution in [-0.2, 0) is 22.7 Å². The first-order valence-corrected chi connectivity index (χ1v) is 13.1. The van der Waals surface area contributed by atoms with Crippen LogP contribution in [0.1, 0.15) is 22.4 Å². The third kappa shape index (κ3) is 6.24. The Morgan fingerprint density at radius 3 is 1.48 bits per heavy atom. The zero-order valence-corrected chi connectivity index (χ0v) is 18.5. The van der Waals surface area contributed by atoms with Crippen molar-refractivity contribution in [3.05, 3.63) is 138 Å². The van der Waals surface area contributed by atoms with E-state index in [1.165, 1.54) is 16.7 Å². The van der Waals surface area contributed by atoms with Crippen molar-refractivity contribution in [1.82, 2.24) is 4.98 Å². The number of rotatable bonds is 9. The number of hydrogen-bond donors (Lipinski definition) is 0. The SMILES string of the molecule is C(=N\O[Si](Cc1ccccc1)(Cc1ccccc1)Cc1ccccc1)/c1ccccn1. The summed E-state index contributed by atoms with van der Waals surface area (Å²) in [4.78, 5) is 4.34. The van der Waals surface area contributed by atoms with Crippen LogP contribution in [0.25, 0.3) is 0 Å². The van der Waals surface area contributed by atoms with Crippen LogP contribution in [-0.4, -0.2) is 19.5 Å². The maximum absolute atomic E-state index is 6.51. The zero-order chi connectivity index (χ0) is 21.2. The highest BCUT2D eigenvalue weighted by Gasteiger charge is 2.39. The Morgan fingerprint density at radius 2 is 1.06 bits per heavy atom. The van der Waals surface area contributed by atoms with E-state index in [1.807, 2.05) is 18.2 Å². The highest BCUT2D eigenvalue weighted by atomic mass is 28.4. The molecule has 0 aliphatic rings. The van der Waals surface area contributed by atoms with E-state index in [0.717, 1.165) is 23.8 Å². The second-order valence-corrected chi connectivity index (χ2v) is 11.4. The van der Waals surface area contributed by atoms with Crippen molar-refractivity contribution in [2.75, 3.05) is 0 Å². The molecule has 0 unspecified atom stereocenters. The predicted octanol–water partition coefficient (Wildman–Crippen LogP) is 5.72. The molecule has 0 N–H and O–H groups in total. The van der Waals surface area contributed by atoms with Gasteiger partial charge in [-0.05, 0) is 28.8 Å². The van der Waals surface area contributed by atoms with Gasteiger partial charge in [-0.1, -0.05) is 97.1 Å². The zero-order valence-electron chi connectivity index (χ0n) is 17.5. The van der Waals surface area contributed by atoms with Crippen LogP contribution in [0.15, 0.2) is 121 Å². The summed E-state index contributed by atoms with van der Waals surface area (Å²) >= 11 is 0. The predicted molar refractivity (Wildman–Crippen MR) is 129 cm³/mol. The maximum Gasteiger partial charge on any atom is 0.300 e. The number of aromatic nitrogens is 1. The van der Waals surface area contributed by atoms with Crippen molar-refractivity contribution in [1.29, 1.82) is 0 Å². The van der Waals surface area contributed by atoms with Crippen molar-refractivity contribution in [2.24, 2.45) is 5.16 Å². The molecule has 0 amide bonds. The van der Waals surface area contributed by atoms with E-state index in [1.54, 1.807) is 12.4 Å². The quantitative estimate of drug-likeness (QED) is 0.196. The molecule has 1 heterocycles. The largest absolute Gasteiger partial charge is 0.454 e. The maximum atomic E-state index is 6.51. The second kappa shape index (κ2) is 10.5. The molecule has 0 saturated heterocycles. The molecular weight excluding hydrogens is 396 g/mol. The van der Waals surface area contributed by atoms with E-state index in [2.05, 4.69) is 101 Å². The average molecular weight is 423 g/mol. The molecule has 0 spiro atoms. The van der Waals surface area contributed by atoms with Gasteiger partial charge in [0.05, 0.1) is 11.9 Å².